The molecule has 0 spiro atoms. The number of amides is 2. The van der Waals surface area contributed by atoms with E-state index in [0.717, 1.165) is 57.9 Å². The van der Waals surface area contributed by atoms with Crippen LogP contribution in [0.15, 0.2) is 48.5 Å². The molecule has 0 radical (unpaired) electrons. The molecular formula is C28H39FN4O4S. The van der Waals surface area contributed by atoms with Gasteiger partial charge in [-0.2, -0.15) is 12.7 Å². The Bertz CT molecular complexity index is 1200. The molecule has 2 aromatic carbocycles. The summed E-state index contributed by atoms with van der Waals surface area (Å²) < 4.78 is 42.9. The molecule has 1 aliphatic carbocycles. The summed E-state index contributed by atoms with van der Waals surface area (Å²) in [5.74, 6) is -1.62. The number of anilines is 1. The van der Waals surface area contributed by atoms with Crippen molar-refractivity contribution in [3.63, 3.8) is 0 Å². The highest BCUT2D eigenvalue weighted by atomic mass is 32.2. The normalized spacial score (nSPS) is 15.2. The monoisotopic (exact) mass is 546 g/mol. The fourth-order valence-electron chi connectivity index (χ4n) is 4.71. The van der Waals surface area contributed by atoms with Crippen molar-refractivity contribution >= 4 is 27.7 Å². The third-order valence-electron chi connectivity index (χ3n) is 6.95. The Kier molecular flexibility index (Phi) is 10.3. The average Bonchev–Trinajstić information content (AvgIpc) is 2.89. The zero-order valence-electron chi connectivity index (χ0n) is 22.7. The Morgan fingerprint density at radius 1 is 1.03 bits per heavy atom. The maximum Gasteiger partial charge on any atom is 0.304 e. The van der Waals surface area contributed by atoms with Gasteiger partial charge in [-0.1, -0.05) is 68.1 Å². The van der Waals surface area contributed by atoms with Gasteiger partial charge in [0.2, 0.25) is 11.8 Å². The van der Waals surface area contributed by atoms with Crippen molar-refractivity contribution in [3.8, 4) is 0 Å². The molecule has 2 amide bonds. The summed E-state index contributed by atoms with van der Waals surface area (Å²) in [5, 5.41) is 3.11. The summed E-state index contributed by atoms with van der Waals surface area (Å²) in [6.45, 7) is 3.24. The Balaban J connectivity index is 1.96. The van der Waals surface area contributed by atoms with Crippen LogP contribution in [0.25, 0.3) is 0 Å². The van der Waals surface area contributed by atoms with E-state index in [4.69, 9.17) is 0 Å². The lowest BCUT2D eigenvalue weighted by Crippen LogP contribution is -2.54. The number of carbonyl (C=O) groups excluding carboxylic acids is 2. The first kappa shape index (κ1) is 29.6. The molecule has 1 fully saturated rings. The van der Waals surface area contributed by atoms with E-state index >= 15 is 0 Å². The Labute approximate surface area is 226 Å². The lowest BCUT2D eigenvalue weighted by molar-refractivity contribution is -0.140. The number of hydrogen-bond donors (Lipinski definition) is 1. The molecule has 0 unspecified atom stereocenters. The molecule has 1 N–H and O–H groups in total. The average molecular weight is 547 g/mol. The van der Waals surface area contributed by atoms with Gasteiger partial charge in [-0.3, -0.25) is 9.59 Å². The van der Waals surface area contributed by atoms with Crippen molar-refractivity contribution in [2.75, 3.05) is 24.9 Å². The Hall–Kier alpha value is -2.98. The molecule has 3 rings (SSSR count). The van der Waals surface area contributed by atoms with Gasteiger partial charge in [0.15, 0.2) is 0 Å². The number of hydrogen-bond acceptors (Lipinski definition) is 4. The highest BCUT2D eigenvalue weighted by Crippen LogP contribution is 2.24. The van der Waals surface area contributed by atoms with E-state index < -0.39 is 34.5 Å². The van der Waals surface area contributed by atoms with Crippen LogP contribution in [-0.4, -0.2) is 62.2 Å². The molecule has 0 saturated heterocycles. The molecule has 38 heavy (non-hydrogen) atoms. The predicted octanol–water partition coefficient (Wildman–Crippen LogP) is 4.00. The fourth-order valence-corrected chi connectivity index (χ4v) is 5.77. The summed E-state index contributed by atoms with van der Waals surface area (Å²) in [4.78, 5) is 28.7. The van der Waals surface area contributed by atoms with E-state index in [1.54, 1.807) is 0 Å². The molecule has 0 aliphatic heterocycles. The lowest BCUT2D eigenvalue weighted by Gasteiger charge is -2.35. The first-order valence-electron chi connectivity index (χ1n) is 13.1. The number of nitrogens with zero attached hydrogens (tertiary/aromatic N) is 3. The molecule has 1 atom stereocenters. The van der Waals surface area contributed by atoms with E-state index in [0.29, 0.717) is 6.42 Å². The third-order valence-corrected chi connectivity index (χ3v) is 8.76. The maximum absolute atomic E-state index is 14.8. The molecule has 0 heterocycles. The van der Waals surface area contributed by atoms with E-state index in [1.807, 2.05) is 38.1 Å². The summed E-state index contributed by atoms with van der Waals surface area (Å²) in [7, 11) is -1.57. The summed E-state index contributed by atoms with van der Waals surface area (Å²) in [6, 6.07) is 12.3. The zero-order valence-corrected chi connectivity index (χ0v) is 23.5. The van der Waals surface area contributed by atoms with Crippen molar-refractivity contribution in [2.24, 2.45) is 0 Å². The van der Waals surface area contributed by atoms with Gasteiger partial charge < -0.3 is 10.2 Å². The van der Waals surface area contributed by atoms with Crippen molar-refractivity contribution < 1.29 is 22.4 Å². The van der Waals surface area contributed by atoms with Crippen LogP contribution in [0.5, 0.6) is 0 Å². The second-order valence-electron chi connectivity index (χ2n) is 10.0. The first-order chi connectivity index (χ1) is 18.0. The first-order valence-corrected chi connectivity index (χ1v) is 14.5. The van der Waals surface area contributed by atoms with Gasteiger partial charge in [0.25, 0.3) is 0 Å². The highest BCUT2D eigenvalue weighted by Gasteiger charge is 2.35. The lowest BCUT2D eigenvalue weighted by atomic mass is 9.95. The second-order valence-corrected chi connectivity index (χ2v) is 12.1. The topological polar surface area (TPSA) is 90.0 Å². The smallest absolute Gasteiger partial charge is 0.304 e. The van der Waals surface area contributed by atoms with Crippen LogP contribution in [0, 0.1) is 12.7 Å². The molecule has 1 aliphatic rings. The summed E-state index contributed by atoms with van der Waals surface area (Å²) in [5.41, 5.74) is 1.63. The van der Waals surface area contributed by atoms with Gasteiger partial charge in [0.05, 0.1) is 5.69 Å². The van der Waals surface area contributed by atoms with Crippen molar-refractivity contribution in [1.29, 1.82) is 0 Å². The quantitative estimate of drug-likeness (QED) is 0.461. The molecule has 10 heteroatoms. The Morgan fingerprint density at radius 2 is 1.66 bits per heavy atom. The molecule has 1 saturated carbocycles. The van der Waals surface area contributed by atoms with Crippen LogP contribution in [0.2, 0.25) is 0 Å². The SMILES string of the molecule is CC[C@H](C(=O)NC1CCCCC1)N(Cc1ccc(C)cc1)C(=O)CN(c1ccccc1F)S(=O)(=O)N(C)C. The number of nitrogens with one attached hydrogen (secondary N) is 1. The Morgan fingerprint density at radius 3 is 2.24 bits per heavy atom. The van der Waals surface area contributed by atoms with Gasteiger partial charge in [-0.25, -0.2) is 8.70 Å². The van der Waals surface area contributed by atoms with Crippen LogP contribution in [0.4, 0.5) is 10.1 Å². The molecule has 0 aromatic heterocycles. The van der Waals surface area contributed by atoms with Crippen LogP contribution in [0.3, 0.4) is 0 Å². The molecule has 2 aromatic rings. The van der Waals surface area contributed by atoms with Crippen LogP contribution in [-0.2, 0) is 26.3 Å². The molecular weight excluding hydrogens is 507 g/mol. The van der Waals surface area contributed by atoms with Crippen molar-refractivity contribution in [3.05, 3.63) is 65.5 Å². The minimum atomic E-state index is -4.22. The van der Waals surface area contributed by atoms with E-state index in [2.05, 4.69) is 5.32 Å². The van der Waals surface area contributed by atoms with Crippen LogP contribution < -0.4 is 9.62 Å². The number of aryl methyl sites for hydroxylation is 1. The van der Waals surface area contributed by atoms with E-state index in [1.165, 1.54) is 37.2 Å². The fraction of sp³-hybridized carbons (Fsp3) is 0.500. The number of benzene rings is 2. The molecule has 8 nitrogen and oxygen atoms in total. The molecule has 0 bridgehead atoms. The van der Waals surface area contributed by atoms with Gasteiger partial charge >= 0.3 is 10.2 Å². The van der Waals surface area contributed by atoms with Gasteiger partial charge in [0.1, 0.15) is 18.4 Å². The van der Waals surface area contributed by atoms with E-state index in [-0.39, 0.29) is 24.2 Å². The minimum absolute atomic E-state index is 0.0608. The van der Waals surface area contributed by atoms with Crippen LogP contribution >= 0.6 is 0 Å². The number of halogens is 1. The standard InChI is InChI=1S/C28H39FN4O4S/c1-5-25(28(35)30-23-11-7-6-8-12-23)32(19-22-17-15-21(2)16-18-22)27(34)20-33(38(36,37)31(3)4)26-14-10-9-13-24(26)29/h9-10,13-18,23,25H,5-8,11-12,19-20H2,1-4H3,(H,30,35)/t25-/m1/s1. The second kappa shape index (κ2) is 13.2. The minimum Gasteiger partial charge on any atom is -0.352 e. The van der Waals surface area contributed by atoms with Crippen molar-refractivity contribution in [2.45, 2.75) is 71.0 Å². The summed E-state index contributed by atoms with van der Waals surface area (Å²) >= 11 is 0. The number of para-hydroxylation sites is 1. The largest absolute Gasteiger partial charge is 0.352 e. The van der Waals surface area contributed by atoms with Gasteiger partial charge in [-0.05, 0) is 43.9 Å². The third kappa shape index (κ3) is 7.32. The van der Waals surface area contributed by atoms with Gasteiger partial charge in [0, 0.05) is 26.7 Å². The predicted molar refractivity (Wildman–Crippen MR) is 147 cm³/mol. The number of carbonyl (C=O) groups is 2. The van der Waals surface area contributed by atoms with Gasteiger partial charge in [-0.15, -0.1) is 0 Å². The summed E-state index contributed by atoms with van der Waals surface area (Å²) in [6.07, 6.45) is 5.39. The maximum atomic E-state index is 14.8. The van der Waals surface area contributed by atoms with E-state index in [9.17, 15) is 22.4 Å². The van der Waals surface area contributed by atoms with Crippen LogP contribution in [0.1, 0.15) is 56.6 Å². The highest BCUT2D eigenvalue weighted by molar-refractivity contribution is 7.90. The van der Waals surface area contributed by atoms with Crippen molar-refractivity contribution in [1.82, 2.24) is 14.5 Å². The zero-order chi connectivity index (χ0) is 27.9. The number of rotatable bonds is 11. The molecule has 208 valence electrons.